The van der Waals surface area contributed by atoms with E-state index in [0.717, 1.165) is 24.3 Å². The van der Waals surface area contributed by atoms with Crippen LogP contribution in [0.1, 0.15) is 57.5 Å². The Labute approximate surface area is 165 Å². The van der Waals surface area contributed by atoms with Gasteiger partial charge in [-0.3, -0.25) is 19.8 Å². The summed E-state index contributed by atoms with van der Waals surface area (Å²) in [5, 5.41) is 2.37. The molecule has 0 bridgehead atoms. The number of ether oxygens (including phenoxy) is 1. The minimum atomic E-state index is -0.302. The van der Waals surface area contributed by atoms with Crippen LogP contribution in [0.2, 0.25) is 0 Å². The van der Waals surface area contributed by atoms with E-state index >= 15 is 0 Å². The average molecular weight is 378 g/mol. The summed E-state index contributed by atoms with van der Waals surface area (Å²) in [4.78, 5) is 26.2. The van der Waals surface area contributed by atoms with Crippen LogP contribution in [0.4, 0.5) is 0 Å². The van der Waals surface area contributed by atoms with E-state index in [-0.39, 0.29) is 11.8 Å². The molecule has 0 aliphatic carbocycles. The Bertz CT molecular complexity index is 872. The molecule has 2 aromatic carbocycles. The fourth-order valence-electron chi connectivity index (χ4n) is 4.06. The number of nitrogens with zero attached hydrogens (tertiary/aromatic N) is 1. The number of imide groups is 1. The Morgan fingerprint density at radius 3 is 2.64 bits per heavy atom. The number of likely N-dealkylation sites (tertiary alicyclic amines) is 1. The van der Waals surface area contributed by atoms with Crippen LogP contribution in [0.5, 0.6) is 5.75 Å². The van der Waals surface area contributed by atoms with Crippen LogP contribution >= 0.6 is 0 Å². The first-order chi connectivity index (χ1) is 13.7. The topological polar surface area (TPSA) is 58.6 Å². The van der Waals surface area contributed by atoms with Gasteiger partial charge in [0.15, 0.2) is 0 Å². The lowest BCUT2D eigenvalue weighted by Crippen LogP contribution is -2.29. The van der Waals surface area contributed by atoms with Crippen molar-refractivity contribution in [2.75, 3.05) is 19.7 Å². The summed E-state index contributed by atoms with van der Waals surface area (Å²) < 4.78 is 5.94. The number of hydrogen-bond acceptors (Lipinski definition) is 4. The standard InChI is InChI=1S/C23H26N2O3/c26-22-20-11-5-8-18(21(20)23(27)24-22)9-6-14-28-19-10-4-7-17(15-19)16-25-12-2-1-3-13-25/h4-5,7-8,10-11,15H,1-3,6,9,12-14,16H2,(H,24,26,27). The summed E-state index contributed by atoms with van der Waals surface area (Å²) in [7, 11) is 0. The Hall–Kier alpha value is -2.66. The highest BCUT2D eigenvalue weighted by Crippen LogP contribution is 2.22. The highest BCUT2D eigenvalue weighted by atomic mass is 16.5. The first kappa shape index (κ1) is 18.7. The van der Waals surface area contributed by atoms with Crippen LogP contribution in [-0.4, -0.2) is 36.4 Å². The summed E-state index contributed by atoms with van der Waals surface area (Å²) in [5.74, 6) is 0.297. The second kappa shape index (κ2) is 8.57. The molecule has 5 nitrogen and oxygen atoms in total. The molecule has 28 heavy (non-hydrogen) atoms. The van der Waals surface area contributed by atoms with Crippen LogP contribution < -0.4 is 10.1 Å². The van der Waals surface area contributed by atoms with Gasteiger partial charge in [0, 0.05) is 6.54 Å². The summed E-state index contributed by atoms with van der Waals surface area (Å²) in [5.41, 5.74) is 3.20. The predicted octanol–water partition coefficient (Wildman–Crippen LogP) is 3.57. The third kappa shape index (κ3) is 4.25. The highest BCUT2D eigenvalue weighted by Gasteiger charge is 2.28. The van der Waals surface area contributed by atoms with Gasteiger partial charge in [0.05, 0.1) is 17.7 Å². The number of carbonyl (C=O) groups excluding carboxylic acids is 2. The fraction of sp³-hybridized carbons (Fsp3) is 0.391. The zero-order chi connectivity index (χ0) is 19.3. The predicted molar refractivity (Wildman–Crippen MR) is 108 cm³/mol. The van der Waals surface area contributed by atoms with Gasteiger partial charge in [0.25, 0.3) is 11.8 Å². The molecule has 2 aromatic rings. The molecule has 146 valence electrons. The molecule has 0 radical (unpaired) electrons. The molecule has 0 aromatic heterocycles. The minimum Gasteiger partial charge on any atom is -0.494 e. The molecule has 2 aliphatic rings. The molecule has 2 heterocycles. The van der Waals surface area contributed by atoms with Gasteiger partial charge in [-0.1, -0.05) is 30.7 Å². The van der Waals surface area contributed by atoms with E-state index in [0.29, 0.717) is 24.2 Å². The van der Waals surface area contributed by atoms with Crippen molar-refractivity contribution in [3.63, 3.8) is 0 Å². The Balaban J connectivity index is 1.30. The summed E-state index contributed by atoms with van der Waals surface area (Å²) >= 11 is 0. The van der Waals surface area contributed by atoms with Crippen molar-refractivity contribution in [3.05, 3.63) is 64.7 Å². The van der Waals surface area contributed by atoms with Gasteiger partial charge in [-0.25, -0.2) is 0 Å². The maximum absolute atomic E-state index is 12.0. The lowest BCUT2D eigenvalue weighted by Gasteiger charge is -2.26. The molecule has 2 aliphatic heterocycles. The van der Waals surface area contributed by atoms with E-state index in [9.17, 15) is 9.59 Å². The van der Waals surface area contributed by atoms with Gasteiger partial charge < -0.3 is 4.74 Å². The van der Waals surface area contributed by atoms with Crippen LogP contribution in [0.15, 0.2) is 42.5 Å². The molecule has 0 unspecified atom stereocenters. The van der Waals surface area contributed by atoms with Crippen molar-refractivity contribution in [3.8, 4) is 5.75 Å². The van der Waals surface area contributed by atoms with Gasteiger partial charge in [0.1, 0.15) is 5.75 Å². The second-order valence-electron chi connectivity index (χ2n) is 7.56. The first-order valence-electron chi connectivity index (χ1n) is 10.1. The van der Waals surface area contributed by atoms with Gasteiger partial charge in [-0.2, -0.15) is 0 Å². The normalized spacial score (nSPS) is 16.7. The average Bonchev–Trinajstić information content (AvgIpc) is 3.01. The van der Waals surface area contributed by atoms with Gasteiger partial charge in [0.2, 0.25) is 0 Å². The van der Waals surface area contributed by atoms with Crippen molar-refractivity contribution < 1.29 is 14.3 Å². The molecule has 0 spiro atoms. The number of nitrogens with one attached hydrogen (secondary N) is 1. The fourth-order valence-corrected chi connectivity index (χ4v) is 4.06. The van der Waals surface area contributed by atoms with Crippen LogP contribution in [0.3, 0.4) is 0 Å². The SMILES string of the molecule is O=C1NC(=O)c2c(CCCOc3cccc(CN4CCCCC4)c3)cccc21. The third-order valence-corrected chi connectivity index (χ3v) is 5.46. The van der Waals surface area contributed by atoms with Crippen LogP contribution in [0, 0.1) is 0 Å². The van der Waals surface area contributed by atoms with E-state index in [2.05, 4.69) is 28.4 Å². The van der Waals surface area contributed by atoms with Crippen LogP contribution in [0.25, 0.3) is 0 Å². The number of rotatable bonds is 7. The molecule has 1 saturated heterocycles. The maximum atomic E-state index is 12.0. The summed E-state index contributed by atoms with van der Waals surface area (Å²) in [6, 6.07) is 13.8. The molecule has 0 saturated carbocycles. The zero-order valence-electron chi connectivity index (χ0n) is 16.1. The first-order valence-corrected chi connectivity index (χ1v) is 10.1. The summed E-state index contributed by atoms with van der Waals surface area (Å²) in [6.07, 6.45) is 5.43. The number of benzene rings is 2. The molecular formula is C23H26N2O3. The number of piperidine rings is 1. The monoisotopic (exact) mass is 378 g/mol. The second-order valence-corrected chi connectivity index (χ2v) is 7.56. The molecular weight excluding hydrogens is 352 g/mol. The quantitative estimate of drug-likeness (QED) is 0.591. The number of hydrogen-bond donors (Lipinski definition) is 1. The van der Waals surface area contributed by atoms with E-state index in [1.54, 1.807) is 6.07 Å². The molecule has 4 rings (SSSR count). The molecule has 1 N–H and O–H groups in total. The van der Waals surface area contributed by atoms with E-state index in [1.807, 2.05) is 18.2 Å². The van der Waals surface area contributed by atoms with Gasteiger partial charge in [-0.05, 0) is 68.1 Å². The Kier molecular flexibility index (Phi) is 5.72. The molecule has 0 atom stereocenters. The van der Waals surface area contributed by atoms with Gasteiger partial charge >= 0.3 is 0 Å². The van der Waals surface area contributed by atoms with Crippen molar-refractivity contribution >= 4 is 11.8 Å². The van der Waals surface area contributed by atoms with E-state index in [1.165, 1.54) is 37.9 Å². The van der Waals surface area contributed by atoms with E-state index in [4.69, 9.17) is 4.74 Å². The van der Waals surface area contributed by atoms with Crippen molar-refractivity contribution in [1.29, 1.82) is 0 Å². The summed E-state index contributed by atoms with van der Waals surface area (Å²) in [6.45, 7) is 3.92. The lowest BCUT2D eigenvalue weighted by molar-refractivity contribution is 0.0879. The molecule has 1 fully saturated rings. The Morgan fingerprint density at radius 1 is 0.964 bits per heavy atom. The van der Waals surface area contributed by atoms with E-state index < -0.39 is 0 Å². The smallest absolute Gasteiger partial charge is 0.259 e. The number of aryl methyl sites for hydroxylation is 1. The lowest BCUT2D eigenvalue weighted by atomic mass is 9.99. The van der Waals surface area contributed by atoms with Gasteiger partial charge in [-0.15, -0.1) is 0 Å². The largest absolute Gasteiger partial charge is 0.494 e. The third-order valence-electron chi connectivity index (χ3n) is 5.46. The highest BCUT2D eigenvalue weighted by molar-refractivity contribution is 6.22. The number of amides is 2. The molecule has 2 amide bonds. The Morgan fingerprint density at radius 2 is 1.79 bits per heavy atom. The van der Waals surface area contributed by atoms with Crippen molar-refractivity contribution in [2.45, 2.75) is 38.6 Å². The minimum absolute atomic E-state index is 0.290. The van der Waals surface area contributed by atoms with Crippen molar-refractivity contribution in [1.82, 2.24) is 10.2 Å². The zero-order valence-corrected chi connectivity index (χ0v) is 16.1. The van der Waals surface area contributed by atoms with Crippen molar-refractivity contribution in [2.24, 2.45) is 0 Å². The maximum Gasteiger partial charge on any atom is 0.259 e. The number of carbonyl (C=O) groups is 2. The number of fused-ring (bicyclic) bond motifs is 1. The van der Waals surface area contributed by atoms with Crippen LogP contribution in [-0.2, 0) is 13.0 Å². The molecule has 5 heteroatoms.